The van der Waals surface area contributed by atoms with Crippen molar-refractivity contribution in [3.63, 3.8) is 0 Å². The molecule has 0 radical (unpaired) electrons. The van der Waals surface area contributed by atoms with Crippen LogP contribution in [-0.4, -0.2) is 22.8 Å². The highest BCUT2D eigenvalue weighted by atomic mass is 32.2. The number of benzene rings is 2. The second-order valence-corrected chi connectivity index (χ2v) is 10.7. The van der Waals surface area contributed by atoms with Crippen molar-refractivity contribution in [3.05, 3.63) is 53.6 Å². The zero-order valence-electron chi connectivity index (χ0n) is 18.0. The number of hydrogen-bond donors (Lipinski definition) is 1. The number of hydrogen-bond acceptors (Lipinski definition) is 3. The number of fused-ring (bicyclic) bond motifs is 1. The van der Waals surface area contributed by atoms with Gasteiger partial charge in [-0.3, -0.25) is 4.79 Å². The molecule has 3 rings (SSSR count). The SMILES string of the molecule is CC(C)(C)c1ccc([S+]([O-])CCCCOc2ccc3c(c2)C(C)(C)C(=O)N3)cc1. The van der Waals surface area contributed by atoms with Gasteiger partial charge in [0.15, 0.2) is 4.90 Å². The summed E-state index contributed by atoms with van der Waals surface area (Å²) in [4.78, 5) is 12.9. The van der Waals surface area contributed by atoms with E-state index in [0.717, 1.165) is 34.7 Å². The number of ether oxygens (including phenoxy) is 1. The highest BCUT2D eigenvalue weighted by Gasteiger charge is 2.38. The van der Waals surface area contributed by atoms with Gasteiger partial charge in [-0.15, -0.1) is 0 Å². The first-order chi connectivity index (χ1) is 13.6. The van der Waals surface area contributed by atoms with E-state index < -0.39 is 16.6 Å². The van der Waals surface area contributed by atoms with Gasteiger partial charge in [-0.25, -0.2) is 0 Å². The molecule has 5 heteroatoms. The van der Waals surface area contributed by atoms with E-state index >= 15 is 0 Å². The molecule has 2 aromatic rings. The zero-order chi connectivity index (χ0) is 21.2. The van der Waals surface area contributed by atoms with Crippen molar-refractivity contribution in [2.75, 3.05) is 17.7 Å². The molecule has 1 unspecified atom stereocenters. The molecule has 0 aromatic heterocycles. The van der Waals surface area contributed by atoms with Gasteiger partial charge >= 0.3 is 0 Å². The van der Waals surface area contributed by atoms with Crippen LogP contribution in [0.15, 0.2) is 47.4 Å². The number of rotatable bonds is 7. The third-order valence-electron chi connectivity index (χ3n) is 5.46. The smallest absolute Gasteiger partial charge is 0.234 e. The number of nitrogens with one attached hydrogen (secondary N) is 1. The molecule has 1 heterocycles. The summed E-state index contributed by atoms with van der Waals surface area (Å²) in [5.41, 5.74) is 2.66. The fraction of sp³-hybridized carbons (Fsp3) is 0.458. The normalized spacial score (nSPS) is 16.3. The maximum atomic E-state index is 12.5. The Morgan fingerprint density at radius 3 is 2.41 bits per heavy atom. The molecule has 1 atom stereocenters. The van der Waals surface area contributed by atoms with Crippen molar-refractivity contribution >= 4 is 22.8 Å². The molecule has 1 N–H and O–H groups in total. The van der Waals surface area contributed by atoms with Crippen molar-refractivity contribution < 1.29 is 14.1 Å². The summed E-state index contributed by atoms with van der Waals surface area (Å²) >= 11 is -0.982. The van der Waals surface area contributed by atoms with Crippen LogP contribution >= 0.6 is 0 Å². The number of carbonyl (C=O) groups excluding carboxylic acids is 1. The Morgan fingerprint density at radius 2 is 1.76 bits per heavy atom. The number of anilines is 1. The quantitative estimate of drug-likeness (QED) is 0.502. The summed E-state index contributed by atoms with van der Waals surface area (Å²) in [7, 11) is 0. The number of unbranched alkanes of at least 4 members (excludes halogenated alkanes) is 1. The Labute approximate surface area is 177 Å². The lowest BCUT2D eigenvalue weighted by atomic mass is 9.86. The van der Waals surface area contributed by atoms with Crippen LogP contribution in [0.2, 0.25) is 0 Å². The first-order valence-corrected chi connectivity index (χ1v) is 11.5. The van der Waals surface area contributed by atoms with Crippen molar-refractivity contribution in [2.45, 2.75) is 63.2 Å². The average molecular weight is 414 g/mol. The average Bonchev–Trinajstić information content (AvgIpc) is 2.89. The molecule has 0 fully saturated rings. The van der Waals surface area contributed by atoms with E-state index in [0.29, 0.717) is 12.4 Å². The molecule has 4 nitrogen and oxygen atoms in total. The Kier molecular flexibility index (Phi) is 6.30. The molecular weight excluding hydrogens is 382 g/mol. The van der Waals surface area contributed by atoms with Gasteiger partial charge < -0.3 is 14.6 Å². The fourth-order valence-electron chi connectivity index (χ4n) is 3.39. The van der Waals surface area contributed by atoms with Crippen molar-refractivity contribution in [1.29, 1.82) is 0 Å². The number of carbonyl (C=O) groups is 1. The van der Waals surface area contributed by atoms with E-state index in [1.165, 1.54) is 5.56 Å². The van der Waals surface area contributed by atoms with Gasteiger partial charge in [-0.1, -0.05) is 32.9 Å². The molecule has 0 aliphatic carbocycles. The summed E-state index contributed by atoms with van der Waals surface area (Å²) in [6.45, 7) is 10.9. The summed E-state index contributed by atoms with van der Waals surface area (Å²) in [6.07, 6.45) is 1.67. The highest BCUT2D eigenvalue weighted by molar-refractivity contribution is 7.91. The summed E-state index contributed by atoms with van der Waals surface area (Å²) in [5, 5.41) is 2.90. The van der Waals surface area contributed by atoms with Crippen LogP contribution in [0.3, 0.4) is 0 Å². The van der Waals surface area contributed by atoms with Gasteiger partial charge in [0.05, 0.1) is 12.0 Å². The molecule has 156 valence electrons. The van der Waals surface area contributed by atoms with E-state index in [9.17, 15) is 9.35 Å². The standard InChI is InChI=1S/C24H31NO3S/c1-23(2,3)17-8-11-19(12-9-17)29(27)15-7-6-14-28-18-10-13-21-20(16-18)24(4,5)22(26)25-21/h8-13,16H,6-7,14-15H2,1-5H3,(H,25,26). The van der Waals surface area contributed by atoms with Crippen LogP contribution in [0.1, 0.15) is 58.6 Å². The van der Waals surface area contributed by atoms with E-state index in [2.05, 4.69) is 38.2 Å². The third kappa shape index (κ3) is 4.96. The first-order valence-electron chi connectivity index (χ1n) is 10.2. The third-order valence-corrected chi connectivity index (χ3v) is 6.91. The molecule has 0 saturated carbocycles. The monoisotopic (exact) mass is 413 g/mol. The second-order valence-electron chi connectivity index (χ2n) is 9.17. The summed E-state index contributed by atoms with van der Waals surface area (Å²) in [5.74, 6) is 1.42. The maximum absolute atomic E-state index is 12.5. The Balaban J connectivity index is 1.45. The second kappa shape index (κ2) is 8.41. The van der Waals surface area contributed by atoms with Gasteiger partial charge in [0, 0.05) is 5.69 Å². The van der Waals surface area contributed by atoms with Crippen molar-refractivity contribution in [3.8, 4) is 5.75 Å². The molecule has 0 saturated heterocycles. The van der Waals surface area contributed by atoms with Crippen molar-refractivity contribution in [1.82, 2.24) is 0 Å². The van der Waals surface area contributed by atoms with E-state index in [1.54, 1.807) is 0 Å². The molecule has 1 aliphatic rings. The maximum Gasteiger partial charge on any atom is 0.234 e. The summed E-state index contributed by atoms with van der Waals surface area (Å²) < 4.78 is 18.4. The minimum absolute atomic E-state index is 0.0164. The molecule has 0 bridgehead atoms. The van der Waals surface area contributed by atoms with Gasteiger partial charge in [-0.05, 0) is 84.7 Å². The molecule has 29 heavy (non-hydrogen) atoms. The van der Waals surface area contributed by atoms with E-state index in [4.69, 9.17) is 4.74 Å². The largest absolute Gasteiger partial charge is 0.611 e. The van der Waals surface area contributed by atoms with Crippen LogP contribution in [0, 0.1) is 0 Å². The van der Waals surface area contributed by atoms with Crippen LogP contribution in [0.25, 0.3) is 0 Å². The minimum atomic E-state index is -0.982. The first kappa shape index (κ1) is 21.7. The van der Waals surface area contributed by atoms with Gasteiger partial charge in [0.2, 0.25) is 5.91 Å². The fourth-order valence-corrected chi connectivity index (χ4v) is 4.53. The minimum Gasteiger partial charge on any atom is -0.611 e. The molecule has 0 spiro atoms. The number of amides is 1. The predicted octanol–water partition coefficient (Wildman–Crippen LogP) is 5.18. The van der Waals surface area contributed by atoms with Gasteiger partial charge in [-0.2, -0.15) is 0 Å². The van der Waals surface area contributed by atoms with Crippen molar-refractivity contribution in [2.24, 2.45) is 0 Å². The Hall–Kier alpha value is -1.98. The topological polar surface area (TPSA) is 61.4 Å². The molecular formula is C24H31NO3S. The lowest BCUT2D eigenvalue weighted by Gasteiger charge is -2.19. The predicted molar refractivity (Wildman–Crippen MR) is 119 cm³/mol. The molecule has 2 aromatic carbocycles. The van der Waals surface area contributed by atoms with E-state index in [-0.39, 0.29) is 11.3 Å². The Morgan fingerprint density at radius 1 is 1.07 bits per heavy atom. The highest BCUT2D eigenvalue weighted by Crippen LogP contribution is 2.39. The van der Waals surface area contributed by atoms with Gasteiger partial charge in [0.25, 0.3) is 0 Å². The van der Waals surface area contributed by atoms with Crippen LogP contribution in [0.4, 0.5) is 5.69 Å². The van der Waals surface area contributed by atoms with Gasteiger partial charge in [0.1, 0.15) is 11.5 Å². The summed E-state index contributed by atoms with van der Waals surface area (Å²) in [6, 6.07) is 13.8. The van der Waals surface area contributed by atoms with Crippen LogP contribution < -0.4 is 10.1 Å². The van der Waals surface area contributed by atoms with E-state index in [1.807, 2.05) is 44.2 Å². The van der Waals surface area contributed by atoms with Crippen LogP contribution in [-0.2, 0) is 26.8 Å². The molecule has 1 amide bonds. The lowest BCUT2D eigenvalue weighted by molar-refractivity contribution is -0.119. The van der Waals surface area contributed by atoms with Crippen LogP contribution in [0.5, 0.6) is 5.75 Å². The zero-order valence-corrected chi connectivity index (χ0v) is 18.8. The molecule has 1 aliphatic heterocycles. The Bertz CT molecular complexity index is 869. The lowest BCUT2D eigenvalue weighted by Crippen LogP contribution is -2.26.